The molecule has 0 amide bonds. The maximum absolute atomic E-state index is 5.83. The molecule has 0 aliphatic carbocycles. The summed E-state index contributed by atoms with van der Waals surface area (Å²) in [6, 6.07) is 6.75. The first kappa shape index (κ1) is 14.0. The van der Waals surface area contributed by atoms with Crippen LogP contribution in [0.5, 0.6) is 5.75 Å². The minimum absolute atomic E-state index is 0.528. The molecule has 1 atom stereocenters. The van der Waals surface area contributed by atoms with Gasteiger partial charge in [-0.2, -0.15) is 0 Å². The molecule has 1 N–H and O–H groups in total. The zero-order valence-corrected chi connectivity index (χ0v) is 11.5. The van der Waals surface area contributed by atoms with Crippen molar-refractivity contribution >= 4 is 0 Å². The fraction of sp³-hybridized carbons (Fsp3) is 0.600. The van der Waals surface area contributed by atoms with E-state index in [0.29, 0.717) is 6.04 Å². The fourth-order valence-electron chi connectivity index (χ4n) is 1.72. The van der Waals surface area contributed by atoms with Gasteiger partial charge in [0, 0.05) is 6.04 Å². The van der Waals surface area contributed by atoms with E-state index in [4.69, 9.17) is 4.74 Å². The van der Waals surface area contributed by atoms with E-state index < -0.39 is 0 Å². The third-order valence-electron chi connectivity index (χ3n) is 3.11. The van der Waals surface area contributed by atoms with Crippen LogP contribution in [0, 0.1) is 13.8 Å². The second-order valence-electron chi connectivity index (χ2n) is 4.69. The highest BCUT2D eigenvalue weighted by molar-refractivity contribution is 5.38. The Kier molecular flexibility index (Phi) is 6.06. The van der Waals surface area contributed by atoms with Crippen molar-refractivity contribution in [1.29, 1.82) is 0 Å². The van der Waals surface area contributed by atoms with Gasteiger partial charge < -0.3 is 10.1 Å². The number of rotatable bonds is 7. The molecule has 96 valence electrons. The van der Waals surface area contributed by atoms with Gasteiger partial charge in [0.25, 0.3) is 0 Å². The van der Waals surface area contributed by atoms with Crippen molar-refractivity contribution in [2.75, 3.05) is 13.2 Å². The Morgan fingerprint density at radius 2 is 2.06 bits per heavy atom. The van der Waals surface area contributed by atoms with Gasteiger partial charge in [0.05, 0.1) is 6.61 Å². The van der Waals surface area contributed by atoms with Gasteiger partial charge in [-0.05, 0) is 57.4 Å². The minimum atomic E-state index is 0.528. The van der Waals surface area contributed by atoms with Crippen LogP contribution in [0.2, 0.25) is 0 Å². The maximum Gasteiger partial charge on any atom is 0.122 e. The molecule has 0 fully saturated rings. The lowest BCUT2D eigenvalue weighted by atomic mass is 10.1. The predicted molar refractivity (Wildman–Crippen MR) is 73.8 cm³/mol. The number of benzene rings is 1. The Bertz CT molecular complexity index is 336. The molecule has 0 saturated heterocycles. The molecule has 0 aliphatic rings. The van der Waals surface area contributed by atoms with Gasteiger partial charge in [-0.25, -0.2) is 0 Å². The molecule has 1 aromatic rings. The van der Waals surface area contributed by atoms with Crippen LogP contribution in [0.1, 0.15) is 37.8 Å². The van der Waals surface area contributed by atoms with Crippen molar-refractivity contribution in [2.24, 2.45) is 0 Å². The van der Waals surface area contributed by atoms with E-state index in [1.165, 1.54) is 17.5 Å². The van der Waals surface area contributed by atoms with Gasteiger partial charge in [-0.1, -0.05) is 19.1 Å². The SMILES string of the molecule is CCCNC(C)CCOc1cccc(C)c1C. The lowest BCUT2D eigenvalue weighted by Crippen LogP contribution is -2.28. The van der Waals surface area contributed by atoms with Crippen LogP contribution in [0.25, 0.3) is 0 Å². The van der Waals surface area contributed by atoms with Crippen molar-refractivity contribution in [3.05, 3.63) is 29.3 Å². The largest absolute Gasteiger partial charge is 0.493 e. The van der Waals surface area contributed by atoms with E-state index in [2.05, 4.69) is 45.1 Å². The van der Waals surface area contributed by atoms with Crippen molar-refractivity contribution < 1.29 is 4.74 Å². The van der Waals surface area contributed by atoms with Gasteiger partial charge in [-0.3, -0.25) is 0 Å². The van der Waals surface area contributed by atoms with E-state index in [9.17, 15) is 0 Å². The zero-order valence-electron chi connectivity index (χ0n) is 11.5. The first-order valence-corrected chi connectivity index (χ1v) is 6.57. The minimum Gasteiger partial charge on any atom is -0.493 e. The number of nitrogens with one attached hydrogen (secondary N) is 1. The standard InChI is InChI=1S/C15H25NO/c1-5-10-16-13(3)9-11-17-15-8-6-7-12(2)14(15)4/h6-8,13,16H,5,9-11H2,1-4H3. The third-order valence-corrected chi connectivity index (χ3v) is 3.11. The number of aryl methyl sites for hydroxylation is 1. The Morgan fingerprint density at radius 1 is 1.29 bits per heavy atom. The van der Waals surface area contributed by atoms with Crippen LogP contribution < -0.4 is 10.1 Å². The third kappa shape index (κ3) is 4.78. The normalized spacial score (nSPS) is 12.5. The Morgan fingerprint density at radius 3 is 2.76 bits per heavy atom. The molecule has 0 heterocycles. The number of ether oxygens (including phenoxy) is 1. The molecule has 0 spiro atoms. The van der Waals surface area contributed by atoms with Gasteiger partial charge in [0.1, 0.15) is 5.75 Å². The van der Waals surface area contributed by atoms with Crippen LogP contribution in [0.4, 0.5) is 0 Å². The monoisotopic (exact) mass is 235 g/mol. The summed E-state index contributed by atoms with van der Waals surface area (Å²) in [6.07, 6.45) is 2.23. The molecule has 0 aliphatic heterocycles. The Hall–Kier alpha value is -1.02. The smallest absolute Gasteiger partial charge is 0.122 e. The second-order valence-corrected chi connectivity index (χ2v) is 4.69. The van der Waals surface area contributed by atoms with Crippen LogP contribution >= 0.6 is 0 Å². The van der Waals surface area contributed by atoms with E-state index in [0.717, 1.165) is 25.3 Å². The molecular formula is C15H25NO. The summed E-state index contributed by atoms with van der Waals surface area (Å²) in [6.45, 7) is 10.5. The summed E-state index contributed by atoms with van der Waals surface area (Å²) >= 11 is 0. The van der Waals surface area contributed by atoms with Gasteiger partial charge in [-0.15, -0.1) is 0 Å². The summed E-state index contributed by atoms with van der Waals surface area (Å²) in [5.74, 6) is 1.02. The average molecular weight is 235 g/mol. The second kappa shape index (κ2) is 7.33. The molecule has 1 aromatic carbocycles. The molecule has 2 nitrogen and oxygen atoms in total. The molecule has 0 radical (unpaired) electrons. The highest BCUT2D eigenvalue weighted by Gasteiger charge is 2.03. The summed E-state index contributed by atoms with van der Waals surface area (Å²) in [5, 5.41) is 3.46. The average Bonchev–Trinajstić information content (AvgIpc) is 2.32. The quantitative estimate of drug-likeness (QED) is 0.781. The van der Waals surface area contributed by atoms with Crippen LogP contribution in [0.3, 0.4) is 0 Å². The zero-order chi connectivity index (χ0) is 12.7. The summed E-state index contributed by atoms with van der Waals surface area (Å²) < 4.78 is 5.83. The molecule has 2 heteroatoms. The summed E-state index contributed by atoms with van der Waals surface area (Å²) in [4.78, 5) is 0. The highest BCUT2D eigenvalue weighted by atomic mass is 16.5. The van der Waals surface area contributed by atoms with Crippen molar-refractivity contribution in [3.8, 4) is 5.75 Å². The molecule has 0 saturated carbocycles. The molecule has 0 bridgehead atoms. The molecule has 17 heavy (non-hydrogen) atoms. The van der Waals surface area contributed by atoms with Crippen molar-refractivity contribution in [2.45, 2.75) is 46.6 Å². The molecular weight excluding hydrogens is 210 g/mol. The van der Waals surface area contributed by atoms with Crippen LogP contribution in [-0.2, 0) is 0 Å². The first-order chi connectivity index (χ1) is 8.15. The maximum atomic E-state index is 5.83. The number of hydrogen-bond acceptors (Lipinski definition) is 2. The molecule has 1 rings (SSSR count). The van der Waals surface area contributed by atoms with Crippen molar-refractivity contribution in [3.63, 3.8) is 0 Å². The van der Waals surface area contributed by atoms with Crippen molar-refractivity contribution in [1.82, 2.24) is 5.32 Å². The van der Waals surface area contributed by atoms with E-state index in [1.807, 2.05) is 6.07 Å². The Labute approximate surface area is 105 Å². The fourth-order valence-corrected chi connectivity index (χ4v) is 1.72. The highest BCUT2D eigenvalue weighted by Crippen LogP contribution is 2.20. The van der Waals surface area contributed by atoms with Gasteiger partial charge >= 0.3 is 0 Å². The van der Waals surface area contributed by atoms with E-state index in [-0.39, 0.29) is 0 Å². The Balaban J connectivity index is 2.33. The number of hydrogen-bond donors (Lipinski definition) is 1. The lowest BCUT2D eigenvalue weighted by molar-refractivity contribution is 0.288. The lowest BCUT2D eigenvalue weighted by Gasteiger charge is -2.15. The predicted octanol–water partition coefficient (Wildman–Crippen LogP) is 3.46. The molecule has 1 unspecified atom stereocenters. The van der Waals surface area contributed by atoms with Gasteiger partial charge in [0.2, 0.25) is 0 Å². The summed E-state index contributed by atoms with van der Waals surface area (Å²) in [7, 11) is 0. The summed E-state index contributed by atoms with van der Waals surface area (Å²) in [5.41, 5.74) is 2.54. The first-order valence-electron chi connectivity index (χ1n) is 6.57. The van der Waals surface area contributed by atoms with E-state index in [1.54, 1.807) is 0 Å². The topological polar surface area (TPSA) is 21.3 Å². The van der Waals surface area contributed by atoms with Crippen LogP contribution in [0.15, 0.2) is 18.2 Å². The van der Waals surface area contributed by atoms with Crippen LogP contribution in [-0.4, -0.2) is 19.2 Å². The molecule has 0 aromatic heterocycles. The van der Waals surface area contributed by atoms with Gasteiger partial charge in [0.15, 0.2) is 0 Å². The van der Waals surface area contributed by atoms with E-state index >= 15 is 0 Å².